The summed E-state index contributed by atoms with van der Waals surface area (Å²) >= 11 is 0. The molecule has 0 aliphatic carbocycles. The Labute approximate surface area is 192 Å². The number of benzene rings is 2. The molecule has 8 nitrogen and oxygen atoms in total. The van der Waals surface area contributed by atoms with Crippen molar-refractivity contribution in [3.05, 3.63) is 65.7 Å². The van der Waals surface area contributed by atoms with Crippen LogP contribution in [0.25, 0.3) is 11.3 Å². The number of ether oxygens (including phenoxy) is 1. The Hall–Kier alpha value is -3.65. The van der Waals surface area contributed by atoms with Gasteiger partial charge in [-0.05, 0) is 42.7 Å². The van der Waals surface area contributed by atoms with Gasteiger partial charge in [0.05, 0.1) is 6.61 Å². The monoisotopic (exact) mass is 445 g/mol. The predicted molar refractivity (Wildman–Crippen MR) is 125 cm³/mol. The first-order valence-corrected chi connectivity index (χ1v) is 11.3. The highest BCUT2D eigenvalue weighted by atomic mass is 16.5. The Kier molecular flexibility index (Phi) is 5.83. The van der Waals surface area contributed by atoms with E-state index in [1.54, 1.807) is 24.3 Å². The summed E-state index contributed by atoms with van der Waals surface area (Å²) in [5.41, 5.74) is 8.78. The van der Waals surface area contributed by atoms with Gasteiger partial charge in [0.25, 0.3) is 5.91 Å². The summed E-state index contributed by atoms with van der Waals surface area (Å²) in [5, 5.41) is 21.5. The number of nitrogens with zero attached hydrogens (tertiary/aromatic N) is 3. The molecule has 0 radical (unpaired) electrons. The Balaban J connectivity index is 1.21. The van der Waals surface area contributed by atoms with E-state index in [9.17, 15) is 9.90 Å². The van der Waals surface area contributed by atoms with Gasteiger partial charge in [0, 0.05) is 48.8 Å². The molecule has 2 aliphatic rings. The van der Waals surface area contributed by atoms with E-state index in [0.717, 1.165) is 37.1 Å². The molecule has 2 saturated heterocycles. The van der Waals surface area contributed by atoms with Crippen molar-refractivity contribution in [2.75, 3.05) is 25.4 Å². The van der Waals surface area contributed by atoms with Gasteiger partial charge < -0.3 is 25.8 Å². The van der Waals surface area contributed by atoms with Gasteiger partial charge in [0.15, 0.2) is 11.6 Å². The minimum atomic E-state index is 0.117. The van der Waals surface area contributed by atoms with Crippen LogP contribution in [0.3, 0.4) is 0 Å². The summed E-state index contributed by atoms with van der Waals surface area (Å²) in [6, 6.07) is 17.0. The first kappa shape index (κ1) is 21.2. The summed E-state index contributed by atoms with van der Waals surface area (Å²) in [7, 11) is 0. The fourth-order valence-corrected chi connectivity index (χ4v) is 4.67. The molecule has 8 heteroatoms. The lowest BCUT2D eigenvalue weighted by Gasteiger charge is -2.35. The van der Waals surface area contributed by atoms with Crippen LogP contribution < -0.4 is 15.8 Å². The van der Waals surface area contributed by atoms with Gasteiger partial charge in [-0.3, -0.25) is 4.79 Å². The molecule has 2 aromatic carbocycles. The second-order valence-electron chi connectivity index (χ2n) is 8.55. The summed E-state index contributed by atoms with van der Waals surface area (Å²) in [4.78, 5) is 15.1. The van der Waals surface area contributed by atoms with Gasteiger partial charge in [0.2, 0.25) is 0 Å². The number of carbonyl (C=O) groups excluding carboxylic acids is 1. The highest BCUT2D eigenvalue weighted by Crippen LogP contribution is 2.31. The number of para-hydroxylation sites is 1. The number of hydrogen-bond acceptors (Lipinski definition) is 7. The summed E-state index contributed by atoms with van der Waals surface area (Å²) < 4.78 is 5.86. The van der Waals surface area contributed by atoms with Crippen molar-refractivity contribution >= 4 is 11.7 Å². The van der Waals surface area contributed by atoms with E-state index in [0.29, 0.717) is 42.1 Å². The molecule has 2 atom stereocenters. The van der Waals surface area contributed by atoms with Crippen LogP contribution in [0.5, 0.6) is 11.5 Å². The van der Waals surface area contributed by atoms with Crippen molar-refractivity contribution in [2.45, 2.75) is 31.3 Å². The number of anilines is 1. The molecule has 2 aliphatic heterocycles. The lowest BCUT2D eigenvalue weighted by Crippen LogP contribution is -2.54. The number of hydrogen-bond donors (Lipinski definition) is 3. The Morgan fingerprint density at radius 2 is 1.82 bits per heavy atom. The minimum Gasteiger partial charge on any atom is -0.507 e. The summed E-state index contributed by atoms with van der Waals surface area (Å²) in [6.45, 7) is 2.16. The number of carbonyl (C=O) groups is 1. The molecule has 170 valence electrons. The van der Waals surface area contributed by atoms with Crippen molar-refractivity contribution in [3.63, 3.8) is 0 Å². The third-order valence-electron chi connectivity index (χ3n) is 6.43. The van der Waals surface area contributed by atoms with Crippen molar-refractivity contribution < 1.29 is 14.6 Å². The van der Waals surface area contributed by atoms with Crippen LogP contribution in [0.2, 0.25) is 0 Å². The number of nitrogens with two attached hydrogens (primary N) is 1. The minimum absolute atomic E-state index is 0.117. The molecular formula is C25H27N5O3. The van der Waals surface area contributed by atoms with Gasteiger partial charge in [-0.1, -0.05) is 24.3 Å². The second kappa shape index (κ2) is 9.07. The lowest BCUT2D eigenvalue weighted by atomic mass is 10.1. The van der Waals surface area contributed by atoms with Crippen molar-refractivity contribution in [2.24, 2.45) is 0 Å². The van der Waals surface area contributed by atoms with Crippen LogP contribution in [0.1, 0.15) is 28.8 Å². The van der Waals surface area contributed by atoms with E-state index in [-0.39, 0.29) is 17.5 Å². The molecule has 0 spiro atoms. The first-order valence-electron chi connectivity index (χ1n) is 11.3. The maximum absolute atomic E-state index is 13.0. The number of fused-ring (bicyclic) bond motifs is 2. The molecule has 0 saturated carbocycles. The van der Waals surface area contributed by atoms with E-state index in [4.69, 9.17) is 10.5 Å². The van der Waals surface area contributed by atoms with Gasteiger partial charge in [-0.25, -0.2) is 0 Å². The van der Waals surface area contributed by atoms with Crippen molar-refractivity contribution in [3.8, 4) is 22.8 Å². The number of aromatic hydroxyl groups is 1. The summed E-state index contributed by atoms with van der Waals surface area (Å²) in [6.07, 6.45) is 2.82. The Morgan fingerprint density at radius 3 is 2.55 bits per heavy atom. The van der Waals surface area contributed by atoms with Crippen LogP contribution in [-0.4, -0.2) is 57.9 Å². The van der Waals surface area contributed by atoms with E-state index >= 15 is 0 Å². The zero-order chi connectivity index (χ0) is 22.8. The molecule has 2 fully saturated rings. The number of amides is 1. The number of phenolic OH excluding ortho intramolecular Hbond substituents is 1. The fraction of sp³-hybridized carbons (Fsp3) is 0.320. The van der Waals surface area contributed by atoms with E-state index in [1.807, 2.05) is 30.3 Å². The number of phenols is 1. The predicted octanol–water partition coefficient (Wildman–Crippen LogP) is 2.63. The van der Waals surface area contributed by atoms with E-state index in [2.05, 4.69) is 20.4 Å². The number of rotatable bonds is 6. The molecule has 4 N–H and O–H groups in total. The fourth-order valence-electron chi connectivity index (χ4n) is 4.67. The molecule has 33 heavy (non-hydrogen) atoms. The zero-order valence-electron chi connectivity index (χ0n) is 18.3. The smallest absolute Gasteiger partial charge is 0.254 e. The number of nitrogen functional groups attached to an aromatic ring is 1. The average Bonchev–Trinajstić information content (AvgIpc) is 3.08. The van der Waals surface area contributed by atoms with Crippen molar-refractivity contribution in [1.82, 2.24) is 20.4 Å². The number of nitrogens with one attached hydrogen (secondary N) is 1. The highest BCUT2D eigenvalue weighted by Gasteiger charge is 2.39. The standard InChI is InChI=1S/C25H27N5O3/c26-24-23(13-21(28-29-24)20-3-1-2-4-22(20)31)33-12-11-16-5-7-17(8-6-16)25(32)30-18-9-10-19(30)15-27-14-18/h1-8,13,18-19,27,31H,9-12,14-15H2,(H2,26,29). The molecule has 5 rings (SSSR count). The quantitative estimate of drug-likeness (QED) is 0.534. The molecule has 2 bridgehead atoms. The van der Waals surface area contributed by atoms with E-state index < -0.39 is 0 Å². The molecule has 1 amide bonds. The normalized spacial score (nSPS) is 19.5. The third-order valence-corrected chi connectivity index (χ3v) is 6.43. The number of aromatic nitrogens is 2. The Bertz CT molecular complexity index is 1140. The van der Waals surface area contributed by atoms with Crippen LogP contribution >= 0.6 is 0 Å². The van der Waals surface area contributed by atoms with Crippen molar-refractivity contribution in [1.29, 1.82) is 0 Å². The lowest BCUT2D eigenvalue weighted by molar-refractivity contribution is 0.0619. The zero-order valence-corrected chi connectivity index (χ0v) is 18.3. The van der Waals surface area contributed by atoms with E-state index in [1.165, 1.54) is 0 Å². The molecule has 1 aromatic heterocycles. The van der Waals surface area contributed by atoms with Crippen LogP contribution in [0, 0.1) is 0 Å². The maximum atomic E-state index is 13.0. The van der Waals surface area contributed by atoms with Crippen LogP contribution in [0.4, 0.5) is 5.82 Å². The maximum Gasteiger partial charge on any atom is 0.254 e. The third kappa shape index (κ3) is 4.34. The van der Waals surface area contributed by atoms with Gasteiger partial charge in [0.1, 0.15) is 11.4 Å². The molecular weight excluding hydrogens is 418 g/mol. The van der Waals surface area contributed by atoms with Gasteiger partial charge >= 0.3 is 0 Å². The topological polar surface area (TPSA) is 114 Å². The number of piperazine rings is 1. The second-order valence-corrected chi connectivity index (χ2v) is 8.55. The molecule has 3 aromatic rings. The van der Waals surface area contributed by atoms with Gasteiger partial charge in [-0.15, -0.1) is 10.2 Å². The SMILES string of the molecule is Nc1nnc(-c2ccccc2O)cc1OCCc1ccc(C(=O)N2C3CCC2CNC3)cc1. The van der Waals surface area contributed by atoms with Gasteiger partial charge in [-0.2, -0.15) is 0 Å². The largest absolute Gasteiger partial charge is 0.507 e. The molecule has 3 heterocycles. The highest BCUT2D eigenvalue weighted by molar-refractivity contribution is 5.95. The Morgan fingerprint density at radius 1 is 1.09 bits per heavy atom. The summed E-state index contributed by atoms with van der Waals surface area (Å²) in [5.74, 6) is 0.857. The molecule has 2 unspecified atom stereocenters. The average molecular weight is 446 g/mol. The van der Waals surface area contributed by atoms with Crippen LogP contribution in [-0.2, 0) is 6.42 Å². The van der Waals surface area contributed by atoms with Crippen LogP contribution in [0.15, 0.2) is 54.6 Å². The first-order chi connectivity index (χ1) is 16.1.